The largest absolute Gasteiger partial charge is 0.336 e. The molecule has 3 heteroatoms. The molecule has 0 saturated carbocycles. The molecule has 0 aliphatic carbocycles. The number of aromatic nitrogens is 1. The van der Waals surface area contributed by atoms with Crippen LogP contribution in [0.1, 0.15) is 30.1 Å². The van der Waals surface area contributed by atoms with E-state index in [1.54, 1.807) is 6.20 Å². The van der Waals surface area contributed by atoms with Crippen LogP contribution < -0.4 is 0 Å². The highest BCUT2D eigenvalue weighted by Gasteiger charge is 2.25. The molecule has 1 atom stereocenters. The van der Waals surface area contributed by atoms with Gasteiger partial charge in [-0.15, -0.1) is 0 Å². The number of carbonyl (C=O) groups excluding carboxylic acids is 1. The highest BCUT2D eigenvalue weighted by molar-refractivity contribution is 5.98. The van der Waals surface area contributed by atoms with Crippen LogP contribution in [0.4, 0.5) is 0 Å². The number of likely N-dealkylation sites (tertiary alicyclic amines) is 1. The van der Waals surface area contributed by atoms with E-state index in [0.29, 0.717) is 6.04 Å². The molecule has 0 spiro atoms. The van der Waals surface area contributed by atoms with Crippen molar-refractivity contribution in [3.63, 3.8) is 0 Å². The van der Waals surface area contributed by atoms with Crippen LogP contribution in [0.3, 0.4) is 0 Å². The SMILES string of the molecule is C[C@@H]1CCCN1C(=O)c1ccc2cnccc2c1. The Kier molecular flexibility index (Phi) is 2.74. The number of rotatable bonds is 1. The number of carbonyl (C=O) groups is 1. The first kappa shape index (κ1) is 11.2. The summed E-state index contributed by atoms with van der Waals surface area (Å²) in [6, 6.07) is 8.14. The van der Waals surface area contributed by atoms with Crippen molar-refractivity contribution in [1.29, 1.82) is 0 Å². The third-order valence-electron chi connectivity index (χ3n) is 3.70. The predicted molar refractivity (Wildman–Crippen MR) is 71.5 cm³/mol. The van der Waals surface area contributed by atoms with Gasteiger partial charge in [0.15, 0.2) is 0 Å². The van der Waals surface area contributed by atoms with Crippen molar-refractivity contribution in [2.45, 2.75) is 25.8 Å². The summed E-state index contributed by atoms with van der Waals surface area (Å²) in [4.78, 5) is 18.5. The molecule has 3 rings (SSSR count). The summed E-state index contributed by atoms with van der Waals surface area (Å²) in [6.07, 6.45) is 5.81. The van der Waals surface area contributed by atoms with E-state index in [9.17, 15) is 4.79 Å². The topological polar surface area (TPSA) is 33.2 Å². The molecule has 0 N–H and O–H groups in total. The zero-order valence-corrected chi connectivity index (χ0v) is 10.5. The lowest BCUT2D eigenvalue weighted by Gasteiger charge is -2.21. The molecule has 0 unspecified atom stereocenters. The number of hydrogen-bond donors (Lipinski definition) is 0. The quantitative estimate of drug-likeness (QED) is 0.768. The lowest BCUT2D eigenvalue weighted by Crippen LogP contribution is -2.33. The molecule has 1 aliphatic heterocycles. The minimum atomic E-state index is 0.152. The second-order valence-electron chi connectivity index (χ2n) is 4.93. The lowest BCUT2D eigenvalue weighted by atomic mass is 10.1. The van der Waals surface area contributed by atoms with E-state index in [1.807, 2.05) is 35.4 Å². The summed E-state index contributed by atoms with van der Waals surface area (Å²) in [5.74, 6) is 0.152. The maximum atomic E-state index is 12.4. The van der Waals surface area contributed by atoms with Crippen molar-refractivity contribution in [3.05, 3.63) is 42.2 Å². The van der Waals surface area contributed by atoms with Gasteiger partial charge in [-0.1, -0.05) is 6.07 Å². The molecule has 1 aliphatic rings. The maximum absolute atomic E-state index is 12.4. The van der Waals surface area contributed by atoms with Gasteiger partial charge in [-0.3, -0.25) is 9.78 Å². The molecule has 1 saturated heterocycles. The van der Waals surface area contributed by atoms with E-state index in [2.05, 4.69) is 11.9 Å². The van der Waals surface area contributed by atoms with E-state index >= 15 is 0 Å². The molecular formula is C15H16N2O. The third kappa shape index (κ3) is 1.86. The molecule has 0 bridgehead atoms. The molecular weight excluding hydrogens is 224 g/mol. The van der Waals surface area contributed by atoms with Gasteiger partial charge in [-0.05, 0) is 43.4 Å². The fraction of sp³-hybridized carbons (Fsp3) is 0.333. The molecule has 1 aromatic heterocycles. The van der Waals surface area contributed by atoms with Crippen molar-refractivity contribution in [2.24, 2.45) is 0 Å². The second kappa shape index (κ2) is 4.41. The van der Waals surface area contributed by atoms with Gasteiger partial charge in [-0.2, -0.15) is 0 Å². The Hall–Kier alpha value is -1.90. The molecule has 1 fully saturated rings. The van der Waals surface area contributed by atoms with Gasteiger partial charge in [-0.25, -0.2) is 0 Å². The zero-order chi connectivity index (χ0) is 12.5. The van der Waals surface area contributed by atoms with Crippen LogP contribution in [0.5, 0.6) is 0 Å². The second-order valence-corrected chi connectivity index (χ2v) is 4.93. The highest BCUT2D eigenvalue weighted by atomic mass is 16.2. The van der Waals surface area contributed by atoms with Gasteiger partial charge in [0.2, 0.25) is 0 Å². The monoisotopic (exact) mass is 240 g/mol. The number of hydrogen-bond acceptors (Lipinski definition) is 2. The summed E-state index contributed by atoms with van der Waals surface area (Å²) in [5.41, 5.74) is 0.780. The average Bonchev–Trinajstić information content (AvgIpc) is 2.83. The first-order chi connectivity index (χ1) is 8.75. The summed E-state index contributed by atoms with van der Waals surface area (Å²) in [5, 5.41) is 2.14. The first-order valence-electron chi connectivity index (χ1n) is 6.40. The summed E-state index contributed by atoms with van der Waals surface area (Å²) < 4.78 is 0. The van der Waals surface area contributed by atoms with Gasteiger partial charge in [0.25, 0.3) is 5.91 Å². The number of nitrogens with zero attached hydrogens (tertiary/aromatic N) is 2. The van der Waals surface area contributed by atoms with Crippen molar-refractivity contribution in [2.75, 3.05) is 6.54 Å². The van der Waals surface area contributed by atoms with E-state index in [1.165, 1.54) is 0 Å². The van der Waals surface area contributed by atoms with E-state index in [4.69, 9.17) is 0 Å². The van der Waals surface area contributed by atoms with Crippen LogP contribution in [0.2, 0.25) is 0 Å². The Bertz CT molecular complexity index is 594. The Balaban J connectivity index is 1.96. The van der Waals surface area contributed by atoms with Crippen molar-refractivity contribution in [3.8, 4) is 0 Å². The summed E-state index contributed by atoms with van der Waals surface area (Å²) in [7, 11) is 0. The third-order valence-corrected chi connectivity index (χ3v) is 3.70. The number of fused-ring (bicyclic) bond motifs is 1. The molecule has 1 amide bonds. The fourth-order valence-electron chi connectivity index (χ4n) is 2.62. The standard InChI is InChI=1S/C15H16N2O/c1-11-3-2-8-17(11)15(18)13-4-5-14-10-16-7-6-12(14)9-13/h4-7,9-11H,2-3,8H2,1H3/t11-/m1/s1. The molecule has 92 valence electrons. The molecule has 1 aromatic carbocycles. The number of amides is 1. The number of benzene rings is 1. The Morgan fingerprint density at radius 2 is 2.22 bits per heavy atom. The van der Waals surface area contributed by atoms with Crippen LogP contribution in [-0.4, -0.2) is 28.4 Å². The molecule has 0 radical (unpaired) electrons. The Morgan fingerprint density at radius 1 is 1.33 bits per heavy atom. The highest BCUT2D eigenvalue weighted by Crippen LogP contribution is 2.21. The van der Waals surface area contributed by atoms with Gasteiger partial charge in [0, 0.05) is 35.9 Å². The molecule has 3 nitrogen and oxygen atoms in total. The molecule has 2 heterocycles. The van der Waals surface area contributed by atoms with Crippen molar-refractivity contribution in [1.82, 2.24) is 9.88 Å². The fourth-order valence-corrected chi connectivity index (χ4v) is 2.62. The average molecular weight is 240 g/mol. The van der Waals surface area contributed by atoms with E-state index < -0.39 is 0 Å². The van der Waals surface area contributed by atoms with Gasteiger partial charge < -0.3 is 4.90 Å². The molecule has 18 heavy (non-hydrogen) atoms. The van der Waals surface area contributed by atoms with Gasteiger partial charge in [0.05, 0.1) is 0 Å². The van der Waals surface area contributed by atoms with E-state index in [-0.39, 0.29) is 5.91 Å². The van der Waals surface area contributed by atoms with Gasteiger partial charge in [0.1, 0.15) is 0 Å². The lowest BCUT2D eigenvalue weighted by molar-refractivity contribution is 0.0747. The Morgan fingerprint density at radius 3 is 3.00 bits per heavy atom. The van der Waals surface area contributed by atoms with Crippen LogP contribution in [0.15, 0.2) is 36.7 Å². The summed E-state index contributed by atoms with van der Waals surface area (Å²) in [6.45, 7) is 3.00. The summed E-state index contributed by atoms with van der Waals surface area (Å²) >= 11 is 0. The first-order valence-corrected chi connectivity index (χ1v) is 6.40. The smallest absolute Gasteiger partial charge is 0.254 e. The minimum Gasteiger partial charge on any atom is -0.336 e. The van der Waals surface area contributed by atoms with Crippen LogP contribution in [0.25, 0.3) is 10.8 Å². The normalized spacial score (nSPS) is 19.4. The number of pyridine rings is 1. The zero-order valence-electron chi connectivity index (χ0n) is 10.5. The predicted octanol–water partition coefficient (Wildman–Crippen LogP) is 2.86. The molecule has 2 aromatic rings. The van der Waals surface area contributed by atoms with E-state index in [0.717, 1.165) is 35.7 Å². The van der Waals surface area contributed by atoms with Gasteiger partial charge >= 0.3 is 0 Å². The van der Waals surface area contributed by atoms with Crippen molar-refractivity contribution >= 4 is 16.7 Å². The van der Waals surface area contributed by atoms with Crippen LogP contribution in [-0.2, 0) is 0 Å². The minimum absolute atomic E-state index is 0.152. The van der Waals surface area contributed by atoms with Crippen LogP contribution in [0, 0.1) is 0 Å². The van der Waals surface area contributed by atoms with Crippen molar-refractivity contribution < 1.29 is 4.79 Å². The van der Waals surface area contributed by atoms with Crippen LogP contribution >= 0.6 is 0 Å². The maximum Gasteiger partial charge on any atom is 0.254 e. The Labute approximate surface area is 106 Å².